The molecule has 4 rings (SSSR count). The quantitative estimate of drug-likeness (QED) is 0.685. The van der Waals surface area contributed by atoms with E-state index in [0.717, 1.165) is 41.9 Å². The normalized spacial score (nSPS) is 16.8. The second-order valence-corrected chi connectivity index (χ2v) is 7.17. The zero-order chi connectivity index (χ0) is 19.3. The predicted octanol–water partition coefficient (Wildman–Crippen LogP) is 4.23. The van der Waals surface area contributed by atoms with Crippen LogP contribution in [-0.4, -0.2) is 33.9 Å². The highest BCUT2D eigenvalue weighted by atomic mass is 19.1. The number of aromatic nitrogens is 2. The number of carbonyl (C=O) groups is 1. The van der Waals surface area contributed by atoms with Crippen molar-refractivity contribution in [1.82, 2.24) is 14.9 Å². The molecule has 1 saturated heterocycles. The summed E-state index contributed by atoms with van der Waals surface area (Å²) in [6.45, 7) is 1.45. The van der Waals surface area contributed by atoms with Gasteiger partial charge in [0, 0.05) is 42.7 Å². The van der Waals surface area contributed by atoms with Gasteiger partial charge in [-0.3, -0.25) is 14.8 Å². The maximum atomic E-state index is 13.6. The van der Waals surface area contributed by atoms with Crippen molar-refractivity contribution in [1.29, 1.82) is 0 Å². The highest BCUT2D eigenvalue weighted by molar-refractivity contribution is 5.79. The summed E-state index contributed by atoms with van der Waals surface area (Å²) < 4.78 is 13.6. The molecule has 2 aromatic heterocycles. The maximum absolute atomic E-state index is 13.6. The summed E-state index contributed by atoms with van der Waals surface area (Å²) >= 11 is 0. The minimum atomic E-state index is -0.268. The minimum Gasteiger partial charge on any atom is -0.342 e. The van der Waals surface area contributed by atoms with Crippen LogP contribution < -0.4 is 0 Å². The summed E-state index contributed by atoms with van der Waals surface area (Å²) in [7, 11) is 0. The number of rotatable bonds is 4. The summed E-state index contributed by atoms with van der Waals surface area (Å²) in [5.41, 5.74) is 3.47. The van der Waals surface area contributed by atoms with Crippen molar-refractivity contribution >= 4 is 5.91 Å². The van der Waals surface area contributed by atoms with E-state index >= 15 is 0 Å². The number of pyridine rings is 2. The van der Waals surface area contributed by atoms with Crippen LogP contribution in [0.25, 0.3) is 11.3 Å². The summed E-state index contributed by atoms with van der Waals surface area (Å²) in [6, 6.07) is 16.1. The average molecular weight is 375 g/mol. The number of benzene rings is 1. The van der Waals surface area contributed by atoms with Gasteiger partial charge in [0.25, 0.3) is 0 Å². The van der Waals surface area contributed by atoms with Gasteiger partial charge in [-0.1, -0.05) is 18.2 Å². The molecule has 0 bridgehead atoms. The number of nitrogens with zero attached hydrogens (tertiary/aromatic N) is 3. The Hall–Kier alpha value is -3.08. The molecule has 0 radical (unpaired) electrons. The van der Waals surface area contributed by atoms with Crippen molar-refractivity contribution in [3.8, 4) is 11.3 Å². The highest BCUT2D eigenvalue weighted by Crippen LogP contribution is 2.28. The predicted molar refractivity (Wildman–Crippen MR) is 106 cm³/mol. The lowest BCUT2D eigenvalue weighted by atomic mass is 9.93. The van der Waals surface area contributed by atoms with Crippen LogP contribution in [0.15, 0.2) is 67.0 Å². The molecular weight excluding hydrogens is 353 g/mol. The zero-order valence-electron chi connectivity index (χ0n) is 15.6. The molecule has 0 N–H and O–H groups in total. The lowest BCUT2D eigenvalue weighted by Crippen LogP contribution is -2.40. The molecule has 1 atom stereocenters. The molecule has 142 valence electrons. The van der Waals surface area contributed by atoms with Gasteiger partial charge in [-0.2, -0.15) is 0 Å². The Bertz CT molecular complexity index is 961. The highest BCUT2D eigenvalue weighted by Gasteiger charge is 2.25. The fourth-order valence-electron chi connectivity index (χ4n) is 3.72. The molecule has 0 saturated carbocycles. The average Bonchev–Trinajstić information content (AvgIpc) is 2.75. The number of halogens is 1. The largest absolute Gasteiger partial charge is 0.342 e. The Labute approximate surface area is 164 Å². The van der Waals surface area contributed by atoms with Crippen LogP contribution in [0.3, 0.4) is 0 Å². The van der Waals surface area contributed by atoms with Gasteiger partial charge < -0.3 is 4.90 Å². The second-order valence-electron chi connectivity index (χ2n) is 7.17. The fourth-order valence-corrected chi connectivity index (χ4v) is 3.72. The van der Waals surface area contributed by atoms with Gasteiger partial charge in [0.1, 0.15) is 5.82 Å². The molecule has 1 aliphatic heterocycles. The Morgan fingerprint density at radius 3 is 2.75 bits per heavy atom. The summed E-state index contributed by atoms with van der Waals surface area (Å²) in [5.74, 6) is 0.0658. The molecular formula is C23H22FN3O. The van der Waals surface area contributed by atoms with E-state index in [4.69, 9.17) is 4.98 Å². The SMILES string of the molecule is O=C(Cc1ccncc1)N1CCC[C@@H](c2cccc(-c3cccc(F)c3)n2)C1. The van der Waals surface area contributed by atoms with Crippen molar-refractivity contribution in [2.45, 2.75) is 25.2 Å². The molecule has 1 aliphatic rings. The van der Waals surface area contributed by atoms with Crippen molar-refractivity contribution in [3.05, 3.63) is 84.1 Å². The molecule has 1 aromatic carbocycles. The number of likely N-dealkylation sites (tertiary alicyclic amines) is 1. The molecule has 3 aromatic rings. The van der Waals surface area contributed by atoms with Crippen LogP contribution in [0.4, 0.5) is 4.39 Å². The van der Waals surface area contributed by atoms with E-state index in [1.165, 1.54) is 12.1 Å². The lowest BCUT2D eigenvalue weighted by molar-refractivity contribution is -0.131. The van der Waals surface area contributed by atoms with E-state index in [2.05, 4.69) is 4.98 Å². The summed E-state index contributed by atoms with van der Waals surface area (Å²) in [4.78, 5) is 23.4. The topological polar surface area (TPSA) is 46.1 Å². The van der Waals surface area contributed by atoms with Crippen molar-refractivity contribution < 1.29 is 9.18 Å². The van der Waals surface area contributed by atoms with Crippen LogP contribution in [0.2, 0.25) is 0 Å². The molecule has 1 amide bonds. The van der Waals surface area contributed by atoms with Crippen molar-refractivity contribution in [3.63, 3.8) is 0 Å². The Morgan fingerprint density at radius 1 is 1.11 bits per heavy atom. The van der Waals surface area contributed by atoms with E-state index in [1.807, 2.05) is 41.3 Å². The van der Waals surface area contributed by atoms with Crippen molar-refractivity contribution in [2.24, 2.45) is 0 Å². The Balaban J connectivity index is 1.49. The standard InChI is InChI=1S/C23H22FN3O/c24-20-6-1-4-18(15-20)21-7-2-8-22(26-21)19-5-3-13-27(16-19)23(28)14-17-9-11-25-12-10-17/h1-2,4,6-12,15,19H,3,5,13-14,16H2/t19-/m1/s1. The minimum absolute atomic E-state index is 0.136. The third-order valence-corrected chi connectivity index (χ3v) is 5.19. The molecule has 0 unspecified atom stereocenters. The van der Waals surface area contributed by atoms with E-state index < -0.39 is 0 Å². The third kappa shape index (κ3) is 4.25. The summed E-state index contributed by atoms with van der Waals surface area (Å²) in [6.07, 6.45) is 5.77. The van der Waals surface area contributed by atoms with Gasteiger partial charge in [-0.25, -0.2) is 4.39 Å². The van der Waals surface area contributed by atoms with Crippen molar-refractivity contribution in [2.75, 3.05) is 13.1 Å². The molecule has 28 heavy (non-hydrogen) atoms. The van der Waals surface area contributed by atoms with E-state index in [1.54, 1.807) is 18.5 Å². The molecule has 3 heterocycles. The van der Waals surface area contributed by atoms with E-state index in [9.17, 15) is 9.18 Å². The first-order chi connectivity index (χ1) is 13.7. The van der Waals surface area contributed by atoms with Crippen LogP contribution >= 0.6 is 0 Å². The number of carbonyl (C=O) groups excluding carboxylic acids is 1. The first-order valence-corrected chi connectivity index (χ1v) is 9.58. The third-order valence-electron chi connectivity index (χ3n) is 5.19. The second kappa shape index (κ2) is 8.30. The van der Waals surface area contributed by atoms with Gasteiger partial charge in [-0.05, 0) is 54.8 Å². The van der Waals surface area contributed by atoms with Gasteiger partial charge >= 0.3 is 0 Å². The van der Waals surface area contributed by atoms with E-state index in [-0.39, 0.29) is 17.6 Å². The van der Waals surface area contributed by atoms with Gasteiger partial charge in [0.2, 0.25) is 5.91 Å². The van der Waals surface area contributed by atoms with Crippen LogP contribution in [-0.2, 0) is 11.2 Å². The number of piperidine rings is 1. The molecule has 5 heteroatoms. The summed E-state index contributed by atoms with van der Waals surface area (Å²) in [5, 5.41) is 0. The molecule has 1 fully saturated rings. The first-order valence-electron chi connectivity index (χ1n) is 9.58. The first kappa shape index (κ1) is 18.3. The van der Waals surface area contributed by atoms with Crippen LogP contribution in [0.1, 0.15) is 30.0 Å². The van der Waals surface area contributed by atoms with Gasteiger partial charge in [-0.15, -0.1) is 0 Å². The molecule has 0 aliphatic carbocycles. The lowest BCUT2D eigenvalue weighted by Gasteiger charge is -2.32. The van der Waals surface area contributed by atoms with Crippen LogP contribution in [0, 0.1) is 5.82 Å². The Morgan fingerprint density at radius 2 is 1.93 bits per heavy atom. The number of amides is 1. The zero-order valence-corrected chi connectivity index (χ0v) is 15.6. The number of hydrogen-bond donors (Lipinski definition) is 0. The van der Waals surface area contributed by atoms with Gasteiger partial charge in [0.15, 0.2) is 0 Å². The fraction of sp³-hybridized carbons (Fsp3) is 0.261. The maximum Gasteiger partial charge on any atom is 0.227 e. The number of hydrogen-bond acceptors (Lipinski definition) is 3. The van der Waals surface area contributed by atoms with E-state index in [0.29, 0.717) is 13.0 Å². The smallest absolute Gasteiger partial charge is 0.227 e. The molecule has 0 spiro atoms. The van der Waals surface area contributed by atoms with Crippen LogP contribution in [0.5, 0.6) is 0 Å². The monoisotopic (exact) mass is 375 g/mol. The Kier molecular flexibility index (Phi) is 5.42. The van der Waals surface area contributed by atoms with Gasteiger partial charge in [0.05, 0.1) is 12.1 Å². The molecule has 4 nitrogen and oxygen atoms in total.